The van der Waals surface area contributed by atoms with Gasteiger partial charge in [-0.25, -0.2) is 17.7 Å². The van der Waals surface area contributed by atoms with Gasteiger partial charge in [-0.05, 0) is 33.8 Å². The number of hydrogen-bond donors (Lipinski definition) is 2. The highest BCUT2D eigenvalue weighted by Gasteiger charge is 2.18. The molecule has 0 atom stereocenters. The molecule has 0 aliphatic carbocycles. The summed E-state index contributed by atoms with van der Waals surface area (Å²) in [6, 6.07) is 7.82. The Morgan fingerprint density at radius 2 is 1.72 bits per heavy atom. The van der Waals surface area contributed by atoms with Crippen molar-refractivity contribution in [1.29, 1.82) is 0 Å². The molecule has 0 saturated heterocycles. The minimum absolute atomic E-state index is 0. The third kappa shape index (κ3) is 10.5. The number of para-hydroxylation sites is 1. The van der Waals surface area contributed by atoms with Gasteiger partial charge in [0.25, 0.3) is 0 Å². The second-order valence-corrected chi connectivity index (χ2v) is 9.43. The van der Waals surface area contributed by atoms with E-state index in [1.807, 2.05) is 65.8 Å². The number of aliphatic imine (C=N–C) groups is 1. The van der Waals surface area contributed by atoms with Gasteiger partial charge in [-0.3, -0.25) is 0 Å². The predicted molar refractivity (Wildman–Crippen MR) is 132 cm³/mol. The van der Waals surface area contributed by atoms with Crippen molar-refractivity contribution >= 4 is 40.0 Å². The number of nitrogens with zero attached hydrogens (tertiary/aromatic N) is 2. The summed E-state index contributed by atoms with van der Waals surface area (Å²) in [5, 5.41) is 6.26. The smallest absolute Gasteiger partial charge is 0.215 e. The zero-order chi connectivity index (χ0) is 21.2. The predicted octanol–water partition coefficient (Wildman–Crippen LogP) is 3.21. The van der Waals surface area contributed by atoms with Crippen LogP contribution >= 0.6 is 24.0 Å². The van der Waals surface area contributed by atoms with Crippen LogP contribution in [-0.2, 0) is 16.6 Å². The van der Waals surface area contributed by atoms with Crippen LogP contribution in [0.5, 0.6) is 5.75 Å². The maximum absolute atomic E-state index is 12.3. The van der Waals surface area contributed by atoms with Crippen LogP contribution in [0.1, 0.15) is 47.1 Å². The van der Waals surface area contributed by atoms with Gasteiger partial charge in [0.05, 0.1) is 12.3 Å². The van der Waals surface area contributed by atoms with Crippen molar-refractivity contribution in [2.24, 2.45) is 4.99 Å². The molecule has 0 heterocycles. The van der Waals surface area contributed by atoms with Crippen LogP contribution in [0.15, 0.2) is 29.3 Å². The lowest BCUT2D eigenvalue weighted by atomic mass is 10.1. The average molecular weight is 541 g/mol. The van der Waals surface area contributed by atoms with Crippen molar-refractivity contribution in [2.45, 2.75) is 53.7 Å². The number of nitrogens with one attached hydrogen (secondary N) is 2. The van der Waals surface area contributed by atoms with Gasteiger partial charge in [-0.2, -0.15) is 0 Å². The Hall–Kier alpha value is -1.07. The minimum atomic E-state index is -3.26. The first-order valence-electron chi connectivity index (χ1n) is 9.89. The summed E-state index contributed by atoms with van der Waals surface area (Å²) in [6.45, 7) is 14.1. The molecule has 0 radical (unpaired) electrons. The largest absolute Gasteiger partial charge is 0.488 e. The van der Waals surface area contributed by atoms with Gasteiger partial charge < -0.3 is 15.4 Å². The first-order chi connectivity index (χ1) is 13.1. The standard InChI is InChI=1S/C20H36N4O3S.HI/c1-7-21-19(22-14-15-28(25,26)24(8-2)9-3)23-16-17-12-10-11-13-18(17)27-20(4,5)6;/h10-13H,7-9,14-16H2,1-6H3,(H2,21,22,23);1H. The highest BCUT2D eigenvalue weighted by atomic mass is 127. The molecular formula is C20H37IN4O3S. The summed E-state index contributed by atoms with van der Waals surface area (Å²) in [5.74, 6) is 1.42. The molecule has 1 aromatic rings. The Kier molecular flexibility index (Phi) is 12.8. The van der Waals surface area contributed by atoms with Crippen molar-refractivity contribution in [3.05, 3.63) is 29.8 Å². The van der Waals surface area contributed by atoms with Crippen molar-refractivity contribution < 1.29 is 13.2 Å². The summed E-state index contributed by atoms with van der Waals surface area (Å²) in [6.07, 6.45) is 0. The summed E-state index contributed by atoms with van der Waals surface area (Å²) >= 11 is 0. The van der Waals surface area contributed by atoms with E-state index in [9.17, 15) is 8.42 Å². The van der Waals surface area contributed by atoms with E-state index in [1.54, 1.807) is 0 Å². The number of ether oxygens (including phenoxy) is 1. The Labute approximate surface area is 193 Å². The monoisotopic (exact) mass is 540 g/mol. The van der Waals surface area contributed by atoms with Crippen LogP contribution < -0.4 is 15.4 Å². The molecule has 9 heteroatoms. The fourth-order valence-corrected chi connectivity index (χ4v) is 4.02. The quantitative estimate of drug-likeness (QED) is 0.271. The van der Waals surface area contributed by atoms with Crippen molar-refractivity contribution in [2.75, 3.05) is 31.9 Å². The highest BCUT2D eigenvalue weighted by molar-refractivity contribution is 14.0. The lowest BCUT2D eigenvalue weighted by molar-refractivity contribution is 0.129. The van der Waals surface area contributed by atoms with Crippen LogP contribution in [0.2, 0.25) is 0 Å². The molecule has 2 N–H and O–H groups in total. The second-order valence-electron chi connectivity index (χ2n) is 7.34. The molecule has 0 unspecified atom stereocenters. The van der Waals surface area contributed by atoms with Gasteiger partial charge in [-0.1, -0.05) is 32.0 Å². The number of hydrogen-bond acceptors (Lipinski definition) is 4. The second kappa shape index (κ2) is 13.3. The highest BCUT2D eigenvalue weighted by Crippen LogP contribution is 2.23. The third-order valence-corrected chi connectivity index (χ3v) is 5.91. The SMILES string of the molecule is CCNC(=NCc1ccccc1OC(C)(C)C)NCCS(=O)(=O)N(CC)CC.I. The minimum Gasteiger partial charge on any atom is -0.488 e. The third-order valence-electron chi connectivity index (χ3n) is 3.89. The number of benzene rings is 1. The van der Waals surface area contributed by atoms with Crippen LogP contribution in [0, 0.1) is 0 Å². The lowest BCUT2D eigenvalue weighted by Crippen LogP contribution is -2.42. The zero-order valence-corrected chi connectivity index (χ0v) is 21.6. The van der Waals surface area contributed by atoms with E-state index in [0.717, 1.165) is 11.3 Å². The summed E-state index contributed by atoms with van der Waals surface area (Å²) < 4.78 is 32.1. The Bertz CT molecular complexity index is 729. The molecule has 7 nitrogen and oxygen atoms in total. The summed E-state index contributed by atoms with van der Waals surface area (Å²) in [7, 11) is -3.26. The van der Waals surface area contributed by atoms with E-state index >= 15 is 0 Å². The Morgan fingerprint density at radius 3 is 2.28 bits per heavy atom. The lowest BCUT2D eigenvalue weighted by Gasteiger charge is -2.23. The number of guanidine groups is 1. The van der Waals surface area contributed by atoms with Crippen LogP contribution in [0.3, 0.4) is 0 Å². The molecule has 0 saturated carbocycles. The molecule has 29 heavy (non-hydrogen) atoms. The molecule has 0 aromatic heterocycles. The maximum atomic E-state index is 12.3. The normalized spacial score (nSPS) is 12.4. The zero-order valence-electron chi connectivity index (χ0n) is 18.5. The van der Waals surface area contributed by atoms with E-state index < -0.39 is 10.0 Å². The molecule has 0 amide bonds. The van der Waals surface area contributed by atoms with Crippen molar-refractivity contribution in [3.63, 3.8) is 0 Å². The molecule has 1 rings (SSSR count). The van der Waals surface area contributed by atoms with Gasteiger partial charge >= 0.3 is 0 Å². The molecule has 0 fully saturated rings. The van der Waals surface area contributed by atoms with Crippen molar-refractivity contribution in [3.8, 4) is 5.75 Å². The van der Waals surface area contributed by atoms with Crippen molar-refractivity contribution in [1.82, 2.24) is 14.9 Å². The molecule has 0 aliphatic heterocycles. The van der Waals surface area contributed by atoms with Gasteiger partial charge in [0.15, 0.2) is 5.96 Å². The maximum Gasteiger partial charge on any atom is 0.215 e. The summed E-state index contributed by atoms with van der Waals surface area (Å²) in [4.78, 5) is 4.59. The van der Waals surface area contributed by atoms with E-state index in [1.165, 1.54) is 4.31 Å². The molecule has 1 aromatic carbocycles. The van der Waals surface area contributed by atoms with Gasteiger partial charge in [0, 0.05) is 31.7 Å². The van der Waals surface area contributed by atoms with Gasteiger partial charge in [0.2, 0.25) is 10.0 Å². The molecule has 0 spiro atoms. The van der Waals surface area contributed by atoms with Crippen LogP contribution in [-0.4, -0.2) is 56.2 Å². The van der Waals surface area contributed by atoms with E-state index in [2.05, 4.69) is 15.6 Å². The number of rotatable bonds is 10. The van der Waals surface area contributed by atoms with Gasteiger partial charge in [0.1, 0.15) is 11.4 Å². The topological polar surface area (TPSA) is 83.0 Å². The summed E-state index contributed by atoms with van der Waals surface area (Å²) in [5.41, 5.74) is 0.687. The fraction of sp³-hybridized carbons (Fsp3) is 0.650. The first kappa shape index (κ1) is 27.9. The van der Waals surface area contributed by atoms with Crippen LogP contribution in [0.25, 0.3) is 0 Å². The molecule has 0 aliphatic rings. The Morgan fingerprint density at radius 1 is 1.10 bits per heavy atom. The molecule has 168 valence electrons. The first-order valence-corrected chi connectivity index (χ1v) is 11.5. The molecular weight excluding hydrogens is 503 g/mol. The fourth-order valence-electron chi connectivity index (χ4n) is 2.61. The Balaban J connectivity index is 0.00000784. The van der Waals surface area contributed by atoms with Gasteiger partial charge in [-0.15, -0.1) is 24.0 Å². The average Bonchev–Trinajstić information content (AvgIpc) is 2.60. The number of sulfonamides is 1. The van der Waals surface area contributed by atoms with E-state index in [-0.39, 0.29) is 35.3 Å². The van der Waals surface area contributed by atoms with E-state index in [4.69, 9.17) is 4.74 Å². The van der Waals surface area contributed by atoms with E-state index in [0.29, 0.717) is 38.7 Å². The number of halogens is 1. The van der Waals surface area contributed by atoms with Crippen LogP contribution in [0.4, 0.5) is 0 Å². The molecule has 0 bridgehead atoms.